The van der Waals surface area contributed by atoms with Crippen LogP contribution in [0.5, 0.6) is 5.75 Å². The highest BCUT2D eigenvalue weighted by molar-refractivity contribution is 9.10. The van der Waals surface area contributed by atoms with Gasteiger partial charge in [0.25, 0.3) is 5.91 Å². The van der Waals surface area contributed by atoms with Crippen molar-refractivity contribution in [1.29, 1.82) is 0 Å². The second-order valence-electron chi connectivity index (χ2n) is 6.75. The lowest BCUT2D eigenvalue weighted by Crippen LogP contribution is -2.46. The predicted octanol–water partition coefficient (Wildman–Crippen LogP) is 3.05. The van der Waals surface area contributed by atoms with E-state index in [-0.39, 0.29) is 37.2 Å². The predicted molar refractivity (Wildman–Crippen MR) is 114 cm³/mol. The van der Waals surface area contributed by atoms with Crippen LogP contribution in [0.15, 0.2) is 53.0 Å². The Hall–Kier alpha value is -2.87. The van der Waals surface area contributed by atoms with Gasteiger partial charge in [0.15, 0.2) is 6.10 Å². The van der Waals surface area contributed by atoms with Crippen LogP contribution in [0.4, 0.5) is 11.4 Å². The molecule has 0 bridgehead atoms. The molecule has 29 heavy (non-hydrogen) atoms. The van der Waals surface area contributed by atoms with Gasteiger partial charge < -0.3 is 19.9 Å². The van der Waals surface area contributed by atoms with Crippen LogP contribution in [0.2, 0.25) is 0 Å². The van der Waals surface area contributed by atoms with Crippen LogP contribution in [0.25, 0.3) is 0 Å². The van der Waals surface area contributed by atoms with Crippen molar-refractivity contribution in [3.63, 3.8) is 0 Å². The van der Waals surface area contributed by atoms with E-state index in [0.29, 0.717) is 17.1 Å². The highest BCUT2D eigenvalue weighted by Gasteiger charge is 2.31. The quantitative estimate of drug-likeness (QED) is 0.719. The zero-order chi connectivity index (χ0) is 21.0. The number of benzene rings is 2. The van der Waals surface area contributed by atoms with E-state index in [1.807, 2.05) is 30.3 Å². The number of nitrogens with one attached hydrogen (secondary N) is 1. The molecule has 0 aromatic heterocycles. The Balaban J connectivity index is 1.57. The van der Waals surface area contributed by atoms with Crippen molar-refractivity contribution < 1.29 is 19.1 Å². The van der Waals surface area contributed by atoms with Crippen LogP contribution in [-0.2, 0) is 14.4 Å². The lowest BCUT2D eigenvalue weighted by Gasteiger charge is -2.33. The number of likely N-dealkylation sites (N-methyl/N-ethyl adjacent to an activating group) is 1. The molecular weight excluding hydrogens is 438 g/mol. The van der Waals surface area contributed by atoms with E-state index >= 15 is 0 Å². The van der Waals surface area contributed by atoms with Gasteiger partial charge >= 0.3 is 0 Å². The normalized spacial score (nSPS) is 15.3. The maximum absolute atomic E-state index is 12.5. The molecule has 152 valence electrons. The molecular formula is C21H22BrN3O4. The highest BCUT2D eigenvalue weighted by Crippen LogP contribution is 2.33. The van der Waals surface area contributed by atoms with Crippen molar-refractivity contribution in [1.82, 2.24) is 4.90 Å². The summed E-state index contributed by atoms with van der Waals surface area (Å²) in [6, 6.07) is 14.5. The van der Waals surface area contributed by atoms with Crippen molar-refractivity contribution >= 4 is 45.0 Å². The number of hydrogen-bond acceptors (Lipinski definition) is 4. The second-order valence-corrected chi connectivity index (χ2v) is 7.60. The molecule has 1 aliphatic rings. The number of ether oxygens (including phenoxy) is 1. The van der Waals surface area contributed by atoms with Gasteiger partial charge in [0.1, 0.15) is 5.75 Å². The first-order chi connectivity index (χ1) is 13.9. The lowest BCUT2D eigenvalue weighted by atomic mass is 10.1. The SMILES string of the molecule is C[C@H]1Oc2ccccc2N(CCC(=O)N(C)CC(=O)Nc2ccccc2Br)C1=O. The number of carbonyl (C=O) groups is 3. The van der Waals surface area contributed by atoms with E-state index in [2.05, 4.69) is 21.2 Å². The van der Waals surface area contributed by atoms with Crippen molar-refractivity contribution in [2.24, 2.45) is 0 Å². The van der Waals surface area contributed by atoms with E-state index < -0.39 is 6.10 Å². The summed E-state index contributed by atoms with van der Waals surface area (Å²) in [6.45, 7) is 1.83. The Bertz CT molecular complexity index is 934. The Labute approximate surface area is 177 Å². The number of para-hydroxylation sites is 3. The molecule has 2 aromatic carbocycles. The summed E-state index contributed by atoms with van der Waals surface area (Å²) in [5, 5.41) is 2.77. The topological polar surface area (TPSA) is 79.0 Å². The summed E-state index contributed by atoms with van der Waals surface area (Å²) in [4.78, 5) is 40.2. The Morgan fingerprint density at radius 2 is 1.86 bits per heavy atom. The van der Waals surface area contributed by atoms with Crippen molar-refractivity contribution in [2.75, 3.05) is 30.4 Å². The van der Waals surface area contributed by atoms with Gasteiger partial charge in [-0.05, 0) is 47.1 Å². The molecule has 1 N–H and O–H groups in total. The third kappa shape index (κ3) is 4.95. The summed E-state index contributed by atoms with van der Waals surface area (Å²) in [5.74, 6) is -0.0927. The molecule has 1 aliphatic heterocycles. The van der Waals surface area contributed by atoms with E-state index in [0.717, 1.165) is 4.47 Å². The molecule has 0 saturated carbocycles. The summed E-state index contributed by atoms with van der Waals surface area (Å²) < 4.78 is 6.37. The third-order valence-electron chi connectivity index (χ3n) is 4.58. The van der Waals surface area contributed by atoms with E-state index in [1.54, 1.807) is 37.1 Å². The van der Waals surface area contributed by atoms with Crippen LogP contribution in [-0.4, -0.2) is 48.9 Å². The maximum atomic E-state index is 12.5. The van der Waals surface area contributed by atoms with Gasteiger partial charge in [0.2, 0.25) is 11.8 Å². The van der Waals surface area contributed by atoms with Crippen LogP contribution < -0.4 is 15.0 Å². The number of amides is 3. The molecule has 0 aliphatic carbocycles. The molecule has 0 fully saturated rings. The van der Waals surface area contributed by atoms with E-state index in [1.165, 1.54) is 4.90 Å². The number of rotatable bonds is 6. The standard InChI is InChI=1S/C21H22BrN3O4/c1-14-21(28)25(17-9-5-6-10-18(17)29-14)12-11-20(27)24(2)13-19(26)23-16-8-4-3-7-15(16)22/h3-10,14H,11-13H2,1-2H3,(H,23,26)/t14-/m1/s1. The van der Waals surface area contributed by atoms with Gasteiger partial charge in [-0.25, -0.2) is 0 Å². The molecule has 3 amide bonds. The molecule has 0 saturated heterocycles. The molecule has 0 radical (unpaired) electrons. The fourth-order valence-corrected chi connectivity index (χ4v) is 3.43. The van der Waals surface area contributed by atoms with Crippen LogP contribution in [0.3, 0.4) is 0 Å². The zero-order valence-electron chi connectivity index (χ0n) is 16.2. The van der Waals surface area contributed by atoms with Gasteiger partial charge in [0, 0.05) is 24.5 Å². The monoisotopic (exact) mass is 459 g/mol. The van der Waals surface area contributed by atoms with Crippen LogP contribution in [0.1, 0.15) is 13.3 Å². The second kappa shape index (κ2) is 9.09. The smallest absolute Gasteiger partial charge is 0.267 e. The average Bonchev–Trinajstić information content (AvgIpc) is 2.69. The fourth-order valence-electron chi connectivity index (χ4n) is 3.04. The van der Waals surface area contributed by atoms with Gasteiger partial charge in [0.05, 0.1) is 17.9 Å². The molecule has 7 nitrogen and oxygen atoms in total. The van der Waals surface area contributed by atoms with E-state index in [4.69, 9.17) is 4.74 Å². The number of carbonyl (C=O) groups excluding carboxylic acids is 3. The first kappa shape index (κ1) is 20.9. The molecule has 0 spiro atoms. The molecule has 1 heterocycles. The minimum absolute atomic E-state index is 0.0792. The first-order valence-corrected chi connectivity index (χ1v) is 10.0. The molecule has 1 atom stereocenters. The summed E-state index contributed by atoms with van der Waals surface area (Å²) >= 11 is 3.37. The largest absolute Gasteiger partial charge is 0.479 e. The minimum Gasteiger partial charge on any atom is -0.479 e. The molecule has 0 unspecified atom stereocenters. The Morgan fingerprint density at radius 3 is 2.62 bits per heavy atom. The number of nitrogens with zero attached hydrogens (tertiary/aromatic N) is 2. The van der Waals surface area contributed by atoms with Gasteiger partial charge in [-0.1, -0.05) is 24.3 Å². The van der Waals surface area contributed by atoms with Gasteiger partial charge in [-0.15, -0.1) is 0 Å². The van der Waals surface area contributed by atoms with Crippen molar-refractivity contribution in [3.05, 3.63) is 53.0 Å². The molecule has 3 rings (SSSR count). The summed E-state index contributed by atoms with van der Waals surface area (Å²) in [6.07, 6.45) is -0.501. The van der Waals surface area contributed by atoms with Crippen molar-refractivity contribution in [3.8, 4) is 5.75 Å². The number of halogens is 1. The zero-order valence-corrected chi connectivity index (χ0v) is 17.8. The first-order valence-electron chi connectivity index (χ1n) is 9.22. The summed E-state index contributed by atoms with van der Waals surface area (Å²) in [7, 11) is 1.57. The van der Waals surface area contributed by atoms with E-state index in [9.17, 15) is 14.4 Å². The number of hydrogen-bond donors (Lipinski definition) is 1. The maximum Gasteiger partial charge on any atom is 0.267 e. The molecule has 2 aromatic rings. The highest BCUT2D eigenvalue weighted by atomic mass is 79.9. The summed E-state index contributed by atoms with van der Waals surface area (Å²) in [5.41, 5.74) is 1.29. The van der Waals surface area contributed by atoms with Crippen LogP contribution >= 0.6 is 15.9 Å². The Morgan fingerprint density at radius 1 is 1.17 bits per heavy atom. The van der Waals surface area contributed by atoms with Crippen molar-refractivity contribution in [2.45, 2.75) is 19.4 Å². The molecule has 8 heteroatoms. The van der Waals surface area contributed by atoms with Gasteiger partial charge in [-0.3, -0.25) is 14.4 Å². The number of anilines is 2. The van der Waals surface area contributed by atoms with Gasteiger partial charge in [-0.2, -0.15) is 0 Å². The van der Waals surface area contributed by atoms with Crippen LogP contribution in [0, 0.1) is 0 Å². The average molecular weight is 460 g/mol. The lowest BCUT2D eigenvalue weighted by molar-refractivity contribution is -0.133. The fraction of sp³-hybridized carbons (Fsp3) is 0.286. The minimum atomic E-state index is -0.604. The Kier molecular flexibility index (Phi) is 6.53. The number of fused-ring (bicyclic) bond motifs is 1. The third-order valence-corrected chi connectivity index (χ3v) is 5.27.